The number of carbonyl (C=O) groups excluding carboxylic acids is 1. The molecule has 1 aromatic heterocycles. The first-order valence-electron chi connectivity index (χ1n) is 7.16. The highest BCUT2D eigenvalue weighted by Gasteiger charge is 2.27. The number of nitrogens with zero attached hydrogens (tertiary/aromatic N) is 3. The summed E-state index contributed by atoms with van der Waals surface area (Å²) >= 11 is 0. The number of amides is 1. The molecule has 4 heteroatoms. The van der Waals surface area contributed by atoms with Crippen molar-refractivity contribution in [2.45, 2.75) is 39.0 Å². The Morgan fingerprint density at radius 3 is 2.79 bits per heavy atom. The molecule has 0 radical (unpaired) electrons. The van der Waals surface area contributed by atoms with Gasteiger partial charge in [0.1, 0.15) is 5.69 Å². The predicted molar refractivity (Wildman–Crippen MR) is 74.1 cm³/mol. The first kappa shape index (κ1) is 12.5. The van der Waals surface area contributed by atoms with Crippen molar-refractivity contribution in [3.8, 4) is 0 Å². The minimum atomic E-state index is 0.155. The third-order valence-electron chi connectivity index (χ3n) is 4.24. The Bertz CT molecular complexity index is 542. The van der Waals surface area contributed by atoms with E-state index in [1.807, 2.05) is 11.9 Å². The van der Waals surface area contributed by atoms with E-state index >= 15 is 0 Å². The van der Waals surface area contributed by atoms with Crippen molar-refractivity contribution in [1.82, 2.24) is 14.7 Å². The van der Waals surface area contributed by atoms with Gasteiger partial charge in [0, 0.05) is 25.7 Å². The Hall–Kier alpha value is -1.58. The number of carbonyl (C=O) groups is 1. The van der Waals surface area contributed by atoms with Gasteiger partial charge in [-0.05, 0) is 39.0 Å². The smallest absolute Gasteiger partial charge is 0.272 e. The number of fused-ring (bicyclic) bond motifs is 1. The molecule has 1 amide bonds. The van der Waals surface area contributed by atoms with Gasteiger partial charge in [0.05, 0.1) is 5.69 Å². The monoisotopic (exact) mass is 259 g/mol. The molecule has 0 aromatic carbocycles. The lowest BCUT2D eigenvalue weighted by Crippen LogP contribution is -2.36. The van der Waals surface area contributed by atoms with Crippen LogP contribution in [-0.4, -0.2) is 33.7 Å². The van der Waals surface area contributed by atoms with E-state index in [9.17, 15) is 4.79 Å². The molecule has 3 rings (SSSR count). The van der Waals surface area contributed by atoms with Gasteiger partial charge in [-0.1, -0.05) is 11.6 Å². The van der Waals surface area contributed by atoms with E-state index in [2.05, 4.69) is 18.1 Å². The predicted octanol–water partition coefficient (Wildman–Crippen LogP) is 2.09. The molecule has 19 heavy (non-hydrogen) atoms. The highest BCUT2D eigenvalue weighted by atomic mass is 16.2. The molecule has 1 aromatic rings. The Labute approximate surface area is 114 Å². The average molecular weight is 259 g/mol. The molecule has 0 bridgehead atoms. The van der Waals surface area contributed by atoms with Crippen molar-refractivity contribution < 1.29 is 4.79 Å². The molecule has 0 saturated carbocycles. The summed E-state index contributed by atoms with van der Waals surface area (Å²) in [7, 11) is 1.90. The van der Waals surface area contributed by atoms with E-state index in [0.29, 0.717) is 0 Å². The zero-order chi connectivity index (χ0) is 13.4. The fourth-order valence-corrected chi connectivity index (χ4v) is 3.05. The lowest BCUT2D eigenvalue weighted by Gasteiger charge is -2.26. The number of hydrogen-bond acceptors (Lipinski definition) is 2. The second kappa shape index (κ2) is 4.83. The molecule has 0 spiro atoms. The molecule has 0 unspecified atom stereocenters. The van der Waals surface area contributed by atoms with Crippen molar-refractivity contribution in [3.05, 3.63) is 28.6 Å². The van der Waals surface area contributed by atoms with E-state index in [-0.39, 0.29) is 5.91 Å². The van der Waals surface area contributed by atoms with Crippen LogP contribution in [0.1, 0.15) is 47.9 Å². The van der Waals surface area contributed by atoms with Crippen LogP contribution >= 0.6 is 0 Å². The molecule has 0 saturated heterocycles. The zero-order valence-electron chi connectivity index (χ0n) is 11.8. The standard InChI is InChI=1S/C15H21N3O/c1-11-7-9-18(10-8-11)15(19)14-12-5-3-4-6-13(12)16-17(14)2/h7H,3-6,8-10H2,1-2H3. The number of rotatable bonds is 1. The maximum Gasteiger partial charge on any atom is 0.272 e. The molecule has 2 heterocycles. The molecular formula is C15H21N3O. The normalized spacial score (nSPS) is 19.1. The summed E-state index contributed by atoms with van der Waals surface area (Å²) in [5.41, 5.74) is 4.55. The van der Waals surface area contributed by atoms with Crippen LogP contribution in [0, 0.1) is 0 Å². The zero-order valence-corrected chi connectivity index (χ0v) is 11.8. The Morgan fingerprint density at radius 1 is 1.26 bits per heavy atom. The largest absolute Gasteiger partial charge is 0.333 e. The van der Waals surface area contributed by atoms with Gasteiger partial charge < -0.3 is 4.90 Å². The highest BCUT2D eigenvalue weighted by molar-refractivity contribution is 5.94. The summed E-state index contributed by atoms with van der Waals surface area (Å²) in [5.74, 6) is 0.155. The van der Waals surface area contributed by atoms with Gasteiger partial charge in [-0.3, -0.25) is 9.48 Å². The lowest BCUT2D eigenvalue weighted by molar-refractivity contribution is 0.0757. The summed E-state index contributed by atoms with van der Waals surface area (Å²) in [6.07, 6.45) is 7.56. The van der Waals surface area contributed by atoms with Crippen molar-refractivity contribution in [2.24, 2.45) is 7.05 Å². The van der Waals surface area contributed by atoms with E-state index in [0.717, 1.165) is 43.7 Å². The fraction of sp³-hybridized carbons (Fsp3) is 0.600. The maximum atomic E-state index is 12.7. The molecule has 0 atom stereocenters. The SMILES string of the molecule is CC1=CCN(C(=O)c2c3c(nn2C)CCCC3)CC1. The van der Waals surface area contributed by atoms with Crippen molar-refractivity contribution >= 4 is 5.91 Å². The van der Waals surface area contributed by atoms with Gasteiger partial charge in [0.25, 0.3) is 5.91 Å². The van der Waals surface area contributed by atoms with Crippen LogP contribution in [0.5, 0.6) is 0 Å². The van der Waals surface area contributed by atoms with Gasteiger partial charge in [-0.25, -0.2) is 0 Å². The van der Waals surface area contributed by atoms with Gasteiger partial charge in [0.15, 0.2) is 0 Å². The van der Waals surface area contributed by atoms with Crippen molar-refractivity contribution in [2.75, 3.05) is 13.1 Å². The van der Waals surface area contributed by atoms with Crippen molar-refractivity contribution in [1.29, 1.82) is 0 Å². The Balaban J connectivity index is 1.90. The molecule has 1 aliphatic carbocycles. The molecular weight excluding hydrogens is 238 g/mol. The minimum Gasteiger partial charge on any atom is -0.333 e. The third kappa shape index (κ3) is 2.20. The minimum absolute atomic E-state index is 0.155. The van der Waals surface area contributed by atoms with Gasteiger partial charge in [-0.15, -0.1) is 0 Å². The molecule has 0 fully saturated rings. The first-order chi connectivity index (χ1) is 9.16. The first-order valence-corrected chi connectivity index (χ1v) is 7.16. The van der Waals surface area contributed by atoms with E-state index < -0.39 is 0 Å². The Kier molecular flexibility index (Phi) is 3.17. The molecule has 4 nitrogen and oxygen atoms in total. The topological polar surface area (TPSA) is 38.1 Å². The lowest BCUT2D eigenvalue weighted by atomic mass is 9.95. The fourth-order valence-electron chi connectivity index (χ4n) is 3.05. The van der Waals surface area contributed by atoms with E-state index in [1.165, 1.54) is 24.0 Å². The molecule has 1 aliphatic heterocycles. The summed E-state index contributed by atoms with van der Waals surface area (Å²) in [4.78, 5) is 14.6. The highest BCUT2D eigenvalue weighted by Crippen LogP contribution is 2.25. The van der Waals surface area contributed by atoms with E-state index in [1.54, 1.807) is 4.68 Å². The van der Waals surface area contributed by atoms with Crippen LogP contribution in [0.3, 0.4) is 0 Å². The van der Waals surface area contributed by atoms with Crippen LogP contribution in [0.15, 0.2) is 11.6 Å². The van der Waals surface area contributed by atoms with Crippen LogP contribution in [0.4, 0.5) is 0 Å². The summed E-state index contributed by atoms with van der Waals surface area (Å²) < 4.78 is 1.80. The van der Waals surface area contributed by atoms with Gasteiger partial charge >= 0.3 is 0 Å². The van der Waals surface area contributed by atoms with E-state index in [4.69, 9.17) is 0 Å². The van der Waals surface area contributed by atoms with Crippen molar-refractivity contribution in [3.63, 3.8) is 0 Å². The Morgan fingerprint density at radius 2 is 2.05 bits per heavy atom. The van der Waals surface area contributed by atoms with Gasteiger partial charge in [0.2, 0.25) is 0 Å². The second-order valence-electron chi connectivity index (χ2n) is 5.66. The number of hydrogen-bond donors (Lipinski definition) is 0. The molecule has 0 N–H and O–H groups in total. The molecule has 102 valence electrons. The summed E-state index contributed by atoms with van der Waals surface area (Å²) in [6.45, 7) is 3.71. The van der Waals surface area contributed by atoms with Crippen LogP contribution in [0.2, 0.25) is 0 Å². The maximum absolute atomic E-state index is 12.7. The third-order valence-corrected chi connectivity index (χ3v) is 4.24. The average Bonchev–Trinajstić information content (AvgIpc) is 2.74. The van der Waals surface area contributed by atoms with Gasteiger partial charge in [-0.2, -0.15) is 5.10 Å². The summed E-state index contributed by atoms with van der Waals surface area (Å²) in [6, 6.07) is 0. The number of aromatic nitrogens is 2. The number of aryl methyl sites for hydroxylation is 2. The van der Waals surface area contributed by atoms with Crippen LogP contribution in [-0.2, 0) is 19.9 Å². The summed E-state index contributed by atoms with van der Waals surface area (Å²) in [5, 5.41) is 4.54. The second-order valence-corrected chi connectivity index (χ2v) is 5.66. The van der Waals surface area contributed by atoms with Crippen LogP contribution < -0.4 is 0 Å². The molecule has 2 aliphatic rings. The quantitative estimate of drug-likeness (QED) is 0.724. The van der Waals surface area contributed by atoms with Crippen LogP contribution in [0.25, 0.3) is 0 Å².